The van der Waals surface area contributed by atoms with E-state index < -0.39 is 0 Å². The Kier molecular flexibility index (Phi) is 3.17. The summed E-state index contributed by atoms with van der Waals surface area (Å²) < 4.78 is 0. The molecule has 2 rings (SSSR count). The molecule has 1 aliphatic heterocycles. The van der Waals surface area contributed by atoms with Crippen molar-refractivity contribution in [2.24, 2.45) is 5.41 Å². The number of imide groups is 1. The van der Waals surface area contributed by atoms with Gasteiger partial charge in [0.1, 0.15) is 5.69 Å². The zero-order valence-corrected chi connectivity index (χ0v) is 10.5. The number of aliphatic hydroxyl groups is 1. The maximum atomic E-state index is 12.1. The second-order valence-corrected chi connectivity index (χ2v) is 5.23. The summed E-state index contributed by atoms with van der Waals surface area (Å²) in [4.78, 5) is 29.3. The molecule has 0 fully saturated rings. The van der Waals surface area contributed by atoms with E-state index in [-0.39, 0.29) is 29.5 Å². The monoisotopic (exact) mass is 248 g/mol. The minimum atomic E-state index is -0.346. The molecule has 0 radical (unpaired) electrons. The molecule has 0 saturated heterocycles. The molecule has 1 N–H and O–H groups in total. The molecular formula is C13H16N2O3. The molecule has 5 nitrogen and oxygen atoms in total. The van der Waals surface area contributed by atoms with Gasteiger partial charge in [0.05, 0.1) is 5.56 Å². The molecule has 0 saturated carbocycles. The first-order valence-electron chi connectivity index (χ1n) is 5.88. The summed E-state index contributed by atoms with van der Waals surface area (Å²) in [6.07, 6.45) is 2.04. The number of pyridine rings is 1. The van der Waals surface area contributed by atoms with Gasteiger partial charge in [0.15, 0.2) is 0 Å². The van der Waals surface area contributed by atoms with E-state index in [1.807, 2.05) is 13.8 Å². The van der Waals surface area contributed by atoms with Crippen LogP contribution >= 0.6 is 0 Å². The number of aliphatic hydroxyl groups excluding tert-OH is 1. The molecule has 1 aromatic rings. The first kappa shape index (κ1) is 12.7. The number of carbonyl (C=O) groups excluding carboxylic acids is 2. The van der Waals surface area contributed by atoms with E-state index in [0.29, 0.717) is 18.5 Å². The van der Waals surface area contributed by atoms with E-state index in [2.05, 4.69) is 4.98 Å². The van der Waals surface area contributed by atoms with E-state index in [1.54, 1.807) is 12.1 Å². The van der Waals surface area contributed by atoms with Crippen molar-refractivity contribution in [3.05, 3.63) is 29.6 Å². The second kappa shape index (κ2) is 4.49. The number of carbonyl (C=O) groups is 2. The molecule has 2 amide bonds. The van der Waals surface area contributed by atoms with Gasteiger partial charge in [0.25, 0.3) is 11.8 Å². The van der Waals surface area contributed by atoms with Crippen molar-refractivity contribution in [1.29, 1.82) is 0 Å². The minimum Gasteiger partial charge on any atom is -0.396 e. The zero-order valence-electron chi connectivity index (χ0n) is 10.5. The molecule has 96 valence electrons. The fraction of sp³-hybridized carbons (Fsp3) is 0.462. The number of aromatic nitrogens is 1. The first-order valence-corrected chi connectivity index (χ1v) is 5.88. The predicted molar refractivity (Wildman–Crippen MR) is 65.1 cm³/mol. The number of hydrogen-bond acceptors (Lipinski definition) is 4. The van der Waals surface area contributed by atoms with Gasteiger partial charge in [-0.1, -0.05) is 13.8 Å². The van der Waals surface area contributed by atoms with Gasteiger partial charge in [-0.25, -0.2) is 0 Å². The topological polar surface area (TPSA) is 70.5 Å². The Balaban J connectivity index is 2.24. The van der Waals surface area contributed by atoms with Crippen LogP contribution in [0.3, 0.4) is 0 Å². The average Bonchev–Trinajstić information content (AvgIpc) is 2.55. The molecule has 0 bridgehead atoms. The van der Waals surface area contributed by atoms with Crippen molar-refractivity contribution in [3.8, 4) is 0 Å². The van der Waals surface area contributed by atoms with Crippen LogP contribution in [0.1, 0.15) is 41.1 Å². The molecule has 1 aromatic heterocycles. The van der Waals surface area contributed by atoms with Crippen LogP contribution in [0, 0.1) is 5.41 Å². The van der Waals surface area contributed by atoms with Crippen LogP contribution in [-0.4, -0.2) is 40.0 Å². The Hall–Kier alpha value is -1.75. The third kappa shape index (κ3) is 2.13. The Labute approximate surface area is 105 Å². The second-order valence-electron chi connectivity index (χ2n) is 5.23. The molecule has 18 heavy (non-hydrogen) atoms. The van der Waals surface area contributed by atoms with Crippen molar-refractivity contribution >= 4 is 11.8 Å². The maximum absolute atomic E-state index is 12.1. The molecule has 0 aliphatic carbocycles. The van der Waals surface area contributed by atoms with Crippen LogP contribution in [0.15, 0.2) is 18.3 Å². The summed E-state index contributed by atoms with van der Waals surface area (Å²) in [5.74, 6) is -0.643. The SMILES string of the molecule is CC(C)(CCO)CN1C(=O)c2cccnc2C1=O. The van der Waals surface area contributed by atoms with Gasteiger partial charge in [-0.2, -0.15) is 0 Å². The Bertz CT molecular complexity index is 462. The standard InChI is InChI=1S/C13H16N2O3/c1-13(2,5-7-16)8-15-11(17)9-4-3-6-14-10(9)12(15)18/h3-4,6,16H,5,7-8H2,1-2H3. The number of nitrogens with zero attached hydrogens (tertiary/aromatic N) is 2. The van der Waals surface area contributed by atoms with Crippen molar-refractivity contribution in [3.63, 3.8) is 0 Å². The zero-order chi connectivity index (χ0) is 13.3. The largest absolute Gasteiger partial charge is 0.396 e. The summed E-state index contributed by atoms with van der Waals surface area (Å²) in [6, 6.07) is 3.26. The van der Waals surface area contributed by atoms with E-state index in [1.165, 1.54) is 11.1 Å². The normalized spacial score (nSPS) is 15.2. The summed E-state index contributed by atoms with van der Waals surface area (Å²) in [6.45, 7) is 4.16. The van der Waals surface area contributed by atoms with Crippen LogP contribution in [0.2, 0.25) is 0 Å². The molecule has 0 spiro atoms. The van der Waals surface area contributed by atoms with Crippen LogP contribution in [0.5, 0.6) is 0 Å². The summed E-state index contributed by atoms with van der Waals surface area (Å²) in [5, 5.41) is 8.98. The van der Waals surface area contributed by atoms with E-state index >= 15 is 0 Å². The number of amides is 2. The Morgan fingerprint density at radius 3 is 2.67 bits per heavy atom. The van der Waals surface area contributed by atoms with E-state index in [9.17, 15) is 9.59 Å². The number of hydrogen-bond donors (Lipinski definition) is 1. The highest BCUT2D eigenvalue weighted by Crippen LogP contribution is 2.27. The molecule has 1 aliphatic rings. The highest BCUT2D eigenvalue weighted by molar-refractivity contribution is 6.20. The van der Waals surface area contributed by atoms with Gasteiger partial charge in [0.2, 0.25) is 0 Å². The van der Waals surface area contributed by atoms with Gasteiger partial charge in [-0.15, -0.1) is 0 Å². The quantitative estimate of drug-likeness (QED) is 0.810. The lowest BCUT2D eigenvalue weighted by atomic mass is 9.89. The summed E-state index contributed by atoms with van der Waals surface area (Å²) in [5.41, 5.74) is 0.284. The number of rotatable bonds is 4. The van der Waals surface area contributed by atoms with E-state index in [4.69, 9.17) is 5.11 Å². The third-order valence-electron chi connectivity index (χ3n) is 3.11. The summed E-state index contributed by atoms with van der Waals surface area (Å²) >= 11 is 0. The van der Waals surface area contributed by atoms with Crippen molar-refractivity contribution in [1.82, 2.24) is 9.88 Å². The van der Waals surface area contributed by atoms with Gasteiger partial charge >= 0.3 is 0 Å². The smallest absolute Gasteiger partial charge is 0.280 e. The van der Waals surface area contributed by atoms with Gasteiger partial charge in [-0.05, 0) is 24.0 Å². The molecule has 0 unspecified atom stereocenters. The fourth-order valence-corrected chi connectivity index (χ4v) is 2.07. The molecule has 0 aromatic carbocycles. The van der Waals surface area contributed by atoms with Crippen LogP contribution < -0.4 is 0 Å². The maximum Gasteiger partial charge on any atom is 0.280 e. The lowest BCUT2D eigenvalue weighted by Gasteiger charge is -2.28. The van der Waals surface area contributed by atoms with Crippen molar-refractivity contribution < 1.29 is 14.7 Å². The van der Waals surface area contributed by atoms with Crippen LogP contribution in [-0.2, 0) is 0 Å². The summed E-state index contributed by atoms with van der Waals surface area (Å²) in [7, 11) is 0. The minimum absolute atomic E-state index is 0.0361. The predicted octanol–water partition coefficient (Wildman–Crippen LogP) is 1.09. The Morgan fingerprint density at radius 2 is 2.06 bits per heavy atom. The highest BCUT2D eigenvalue weighted by Gasteiger charge is 2.39. The van der Waals surface area contributed by atoms with Crippen molar-refractivity contribution in [2.75, 3.05) is 13.2 Å². The lowest BCUT2D eigenvalue weighted by Crippen LogP contribution is -2.38. The number of fused-ring (bicyclic) bond motifs is 1. The lowest BCUT2D eigenvalue weighted by molar-refractivity contribution is 0.0566. The van der Waals surface area contributed by atoms with Crippen LogP contribution in [0.4, 0.5) is 0 Å². The average molecular weight is 248 g/mol. The van der Waals surface area contributed by atoms with Crippen molar-refractivity contribution in [2.45, 2.75) is 20.3 Å². The first-order chi connectivity index (χ1) is 8.46. The molecule has 2 heterocycles. The third-order valence-corrected chi connectivity index (χ3v) is 3.11. The van der Waals surface area contributed by atoms with Gasteiger partial charge in [0, 0.05) is 19.3 Å². The fourth-order valence-electron chi connectivity index (χ4n) is 2.07. The van der Waals surface area contributed by atoms with E-state index in [0.717, 1.165) is 0 Å². The van der Waals surface area contributed by atoms with Crippen LogP contribution in [0.25, 0.3) is 0 Å². The molecule has 5 heteroatoms. The molecular weight excluding hydrogens is 232 g/mol. The highest BCUT2D eigenvalue weighted by atomic mass is 16.3. The Morgan fingerprint density at radius 1 is 1.33 bits per heavy atom. The molecule has 0 atom stereocenters. The van der Waals surface area contributed by atoms with Gasteiger partial charge < -0.3 is 5.11 Å². The van der Waals surface area contributed by atoms with Gasteiger partial charge in [-0.3, -0.25) is 19.5 Å².